The van der Waals surface area contributed by atoms with Crippen LogP contribution in [0.15, 0.2) is 45.3 Å². The first-order valence-electron chi connectivity index (χ1n) is 7.95. The zero-order chi connectivity index (χ0) is 17.2. The molecule has 0 saturated carbocycles. The molecule has 2 aromatic rings. The van der Waals surface area contributed by atoms with Crippen LogP contribution in [-0.2, 0) is 6.61 Å². The Labute approximate surface area is 162 Å². The van der Waals surface area contributed by atoms with E-state index in [-0.39, 0.29) is 30.3 Å². The minimum Gasteiger partial charge on any atom is -0.486 e. The predicted octanol–water partition coefficient (Wildman–Crippen LogP) is 3.85. The molecule has 0 radical (unpaired) electrons. The van der Waals surface area contributed by atoms with Gasteiger partial charge in [0.1, 0.15) is 18.1 Å². The minimum absolute atomic E-state index is 0. The summed E-state index contributed by atoms with van der Waals surface area (Å²) in [6.45, 7) is 4.37. The zero-order valence-electron chi connectivity index (χ0n) is 14.0. The molecule has 2 N–H and O–H groups in total. The molecule has 1 aromatic carbocycles. The Kier molecular flexibility index (Phi) is 6.54. The molecular weight excluding hydrogens is 408 g/mol. The van der Waals surface area contributed by atoms with Gasteiger partial charge in [-0.3, -0.25) is 4.79 Å². The summed E-state index contributed by atoms with van der Waals surface area (Å²) in [6, 6.07) is 11.1. The molecule has 7 heteroatoms. The summed E-state index contributed by atoms with van der Waals surface area (Å²) in [7, 11) is 0. The van der Waals surface area contributed by atoms with Gasteiger partial charge >= 0.3 is 0 Å². The van der Waals surface area contributed by atoms with Crippen LogP contribution in [0.3, 0.4) is 0 Å². The Morgan fingerprint density at radius 2 is 2.20 bits per heavy atom. The molecule has 1 amide bonds. The number of carbonyl (C=O) groups is 1. The van der Waals surface area contributed by atoms with E-state index in [1.165, 1.54) is 0 Å². The first kappa shape index (κ1) is 19.8. The number of carbonyl (C=O) groups excluding carboxylic acids is 1. The maximum atomic E-state index is 12.5. The highest BCUT2D eigenvalue weighted by molar-refractivity contribution is 9.10. The summed E-state index contributed by atoms with van der Waals surface area (Å²) in [5.74, 6) is 1.64. The van der Waals surface area contributed by atoms with E-state index >= 15 is 0 Å². The van der Waals surface area contributed by atoms with Gasteiger partial charge in [0, 0.05) is 17.6 Å². The normalized spacial score (nSPS) is 19.6. The maximum Gasteiger partial charge on any atom is 0.289 e. The lowest BCUT2D eigenvalue weighted by Gasteiger charge is -2.21. The highest BCUT2D eigenvalue weighted by Gasteiger charge is 2.36. The van der Waals surface area contributed by atoms with Crippen molar-refractivity contribution in [1.82, 2.24) is 4.90 Å². The summed E-state index contributed by atoms with van der Waals surface area (Å²) >= 11 is 3.40. The lowest BCUT2D eigenvalue weighted by molar-refractivity contribution is 0.0741. The SMILES string of the molecule is CC1(CN)CCN(C(=O)c2ccc(COc3cccc(Br)c3)o2)C1.Cl. The number of benzene rings is 1. The second-order valence-corrected chi connectivity index (χ2v) is 7.42. The number of rotatable bonds is 5. The molecule has 1 fully saturated rings. The van der Waals surface area contributed by atoms with Gasteiger partial charge in [-0.1, -0.05) is 28.9 Å². The van der Waals surface area contributed by atoms with Crippen molar-refractivity contribution in [2.75, 3.05) is 19.6 Å². The topological polar surface area (TPSA) is 68.7 Å². The van der Waals surface area contributed by atoms with E-state index in [4.69, 9.17) is 14.9 Å². The van der Waals surface area contributed by atoms with Crippen LogP contribution in [0, 0.1) is 5.41 Å². The van der Waals surface area contributed by atoms with Crippen LogP contribution in [-0.4, -0.2) is 30.4 Å². The van der Waals surface area contributed by atoms with E-state index < -0.39 is 0 Å². The standard InChI is InChI=1S/C18H21BrN2O3.ClH/c1-18(11-20)7-8-21(12-18)17(22)16-6-5-15(24-16)10-23-14-4-2-3-13(19)9-14;/h2-6,9H,7-8,10-12,20H2,1H3;1H. The number of hydrogen-bond acceptors (Lipinski definition) is 4. The average Bonchev–Trinajstić information content (AvgIpc) is 3.20. The Morgan fingerprint density at radius 3 is 2.88 bits per heavy atom. The first-order valence-corrected chi connectivity index (χ1v) is 8.75. The maximum absolute atomic E-state index is 12.5. The molecule has 25 heavy (non-hydrogen) atoms. The molecule has 1 atom stereocenters. The molecule has 0 aliphatic carbocycles. The van der Waals surface area contributed by atoms with Gasteiger partial charge in [-0.15, -0.1) is 12.4 Å². The number of furan rings is 1. The zero-order valence-corrected chi connectivity index (χ0v) is 16.4. The van der Waals surface area contributed by atoms with Crippen LogP contribution in [0.25, 0.3) is 0 Å². The first-order chi connectivity index (χ1) is 11.5. The number of halogens is 2. The van der Waals surface area contributed by atoms with Crippen LogP contribution >= 0.6 is 28.3 Å². The second-order valence-electron chi connectivity index (χ2n) is 6.50. The molecule has 5 nitrogen and oxygen atoms in total. The summed E-state index contributed by atoms with van der Waals surface area (Å²) in [5.41, 5.74) is 5.81. The van der Waals surface area contributed by atoms with Crippen LogP contribution < -0.4 is 10.5 Å². The average molecular weight is 430 g/mol. The smallest absolute Gasteiger partial charge is 0.289 e. The molecule has 0 bridgehead atoms. The fourth-order valence-electron chi connectivity index (χ4n) is 2.80. The van der Waals surface area contributed by atoms with Gasteiger partial charge in [-0.05, 0) is 48.7 Å². The van der Waals surface area contributed by atoms with Crippen molar-refractivity contribution >= 4 is 34.2 Å². The fraction of sp³-hybridized carbons (Fsp3) is 0.389. The summed E-state index contributed by atoms with van der Waals surface area (Å²) < 4.78 is 12.3. The predicted molar refractivity (Wildman–Crippen MR) is 102 cm³/mol. The number of amides is 1. The molecule has 1 aliphatic rings. The third-order valence-corrected chi connectivity index (χ3v) is 4.88. The van der Waals surface area contributed by atoms with Gasteiger partial charge in [-0.2, -0.15) is 0 Å². The van der Waals surface area contributed by atoms with Crippen molar-refractivity contribution in [2.24, 2.45) is 11.1 Å². The molecule has 1 saturated heterocycles. The molecule has 2 heterocycles. The molecule has 3 rings (SSSR count). The van der Waals surface area contributed by atoms with E-state index in [1.54, 1.807) is 12.1 Å². The van der Waals surface area contributed by atoms with E-state index in [1.807, 2.05) is 29.2 Å². The summed E-state index contributed by atoms with van der Waals surface area (Å²) in [5, 5.41) is 0. The van der Waals surface area contributed by atoms with Crippen molar-refractivity contribution in [1.29, 1.82) is 0 Å². The highest BCUT2D eigenvalue weighted by Crippen LogP contribution is 2.29. The number of ether oxygens (including phenoxy) is 1. The molecule has 1 aliphatic heterocycles. The van der Waals surface area contributed by atoms with Gasteiger partial charge < -0.3 is 19.8 Å². The van der Waals surface area contributed by atoms with E-state index in [0.29, 0.717) is 24.6 Å². The third-order valence-electron chi connectivity index (χ3n) is 4.39. The minimum atomic E-state index is -0.0825. The van der Waals surface area contributed by atoms with Gasteiger partial charge in [-0.25, -0.2) is 0 Å². The molecular formula is C18H22BrClN2O3. The lowest BCUT2D eigenvalue weighted by Crippen LogP contribution is -2.34. The van der Waals surface area contributed by atoms with Crippen LogP contribution in [0.5, 0.6) is 5.75 Å². The van der Waals surface area contributed by atoms with Crippen molar-refractivity contribution < 1.29 is 13.9 Å². The third kappa shape index (κ3) is 4.77. The van der Waals surface area contributed by atoms with Gasteiger partial charge in [0.25, 0.3) is 5.91 Å². The van der Waals surface area contributed by atoms with Crippen molar-refractivity contribution in [2.45, 2.75) is 20.0 Å². The number of likely N-dealkylation sites (tertiary alicyclic amines) is 1. The van der Waals surface area contributed by atoms with Gasteiger partial charge in [0.2, 0.25) is 0 Å². The van der Waals surface area contributed by atoms with Crippen molar-refractivity contribution in [3.05, 3.63) is 52.4 Å². The quantitative estimate of drug-likeness (QED) is 0.784. The largest absolute Gasteiger partial charge is 0.486 e. The van der Waals surface area contributed by atoms with Gasteiger partial charge in [0.05, 0.1) is 0 Å². The monoisotopic (exact) mass is 428 g/mol. The highest BCUT2D eigenvalue weighted by atomic mass is 79.9. The van der Waals surface area contributed by atoms with E-state index in [2.05, 4.69) is 22.9 Å². The summed E-state index contributed by atoms with van der Waals surface area (Å²) in [4.78, 5) is 14.3. The number of nitrogens with two attached hydrogens (primary N) is 1. The lowest BCUT2D eigenvalue weighted by atomic mass is 9.90. The molecule has 1 aromatic heterocycles. The Morgan fingerprint density at radius 1 is 1.40 bits per heavy atom. The van der Waals surface area contributed by atoms with E-state index in [0.717, 1.165) is 23.2 Å². The molecule has 1 unspecified atom stereocenters. The van der Waals surface area contributed by atoms with Crippen LogP contribution in [0.1, 0.15) is 29.7 Å². The van der Waals surface area contributed by atoms with Crippen LogP contribution in [0.2, 0.25) is 0 Å². The number of nitrogens with zero attached hydrogens (tertiary/aromatic N) is 1. The number of hydrogen-bond donors (Lipinski definition) is 1. The van der Waals surface area contributed by atoms with E-state index in [9.17, 15) is 4.79 Å². The van der Waals surface area contributed by atoms with Crippen molar-refractivity contribution in [3.8, 4) is 5.75 Å². The van der Waals surface area contributed by atoms with Crippen LogP contribution in [0.4, 0.5) is 0 Å². The molecule has 136 valence electrons. The second kappa shape index (κ2) is 8.25. The fourth-order valence-corrected chi connectivity index (χ4v) is 3.18. The Balaban J connectivity index is 0.00000225. The van der Waals surface area contributed by atoms with Crippen molar-refractivity contribution in [3.63, 3.8) is 0 Å². The Bertz CT molecular complexity index is 737. The molecule has 0 spiro atoms. The Hall–Kier alpha value is -1.50. The summed E-state index contributed by atoms with van der Waals surface area (Å²) in [6.07, 6.45) is 0.925. The van der Waals surface area contributed by atoms with Gasteiger partial charge in [0.15, 0.2) is 5.76 Å².